The number of unbranched alkanes of at least 4 members (excludes halogenated alkanes) is 1. The number of carbonyl (C=O) groups is 1. The fraction of sp³-hybridized carbons (Fsp3) is 0.900. The van der Waals surface area contributed by atoms with Crippen LogP contribution in [0.3, 0.4) is 0 Å². The highest BCUT2D eigenvalue weighted by molar-refractivity contribution is 5.67. The number of ether oxygens (including phenoxy) is 1. The third kappa shape index (κ3) is 5.50. The minimum Gasteiger partial charge on any atom is -0.447 e. The van der Waals surface area contributed by atoms with Gasteiger partial charge in [-0.05, 0) is 27.2 Å². The fourth-order valence-corrected chi connectivity index (χ4v) is 1.00. The lowest BCUT2D eigenvalue weighted by molar-refractivity contribution is 0.0780. The fourth-order valence-electron chi connectivity index (χ4n) is 1.00. The lowest BCUT2D eigenvalue weighted by atomic mass is 10.3. The van der Waals surface area contributed by atoms with E-state index in [0.717, 1.165) is 25.9 Å². The molecule has 0 aromatic rings. The predicted molar refractivity (Wildman–Crippen MR) is 53.8 cm³/mol. The van der Waals surface area contributed by atoms with Crippen LogP contribution < -0.4 is 0 Å². The van der Waals surface area contributed by atoms with E-state index in [-0.39, 0.29) is 12.2 Å². The van der Waals surface area contributed by atoms with Crippen molar-refractivity contribution in [1.29, 1.82) is 0 Å². The van der Waals surface area contributed by atoms with Gasteiger partial charge in [-0.3, -0.25) is 0 Å². The molecule has 1 amide bonds. The Kier molecular flexibility index (Phi) is 6.37. The molecule has 0 unspecified atom stereocenters. The van der Waals surface area contributed by atoms with Gasteiger partial charge in [-0.1, -0.05) is 13.3 Å². The molecule has 0 radical (unpaired) electrons. The smallest absolute Gasteiger partial charge is 0.409 e. The molecule has 0 rings (SSSR count). The summed E-state index contributed by atoms with van der Waals surface area (Å²) in [6.07, 6.45) is 1.93. The molecule has 0 spiro atoms. The van der Waals surface area contributed by atoms with Crippen LogP contribution in [0.1, 0.15) is 40.5 Å². The lowest BCUT2D eigenvalue weighted by Gasteiger charge is -2.21. The summed E-state index contributed by atoms with van der Waals surface area (Å²) < 4.78 is 5.09. The van der Waals surface area contributed by atoms with Gasteiger partial charge in [0.05, 0.1) is 6.10 Å². The molecule has 3 nitrogen and oxygen atoms in total. The van der Waals surface area contributed by atoms with Gasteiger partial charge in [0.2, 0.25) is 0 Å². The van der Waals surface area contributed by atoms with E-state index >= 15 is 0 Å². The highest BCUT2D eigenvalue weighted by Gasteiger charge is 2.12. The van der Waals surface area contributed by atoms with E-state index < -0.39 is 0 Å². The molecule has 0 aliphatic heterocycles. The molecule has 0 heterocycles. The van der Waals surface area contributed by atoms with E-state index in [1.165, 1.54) is 0 Å². The first kappa shape index (κ1) is 12.3. The molecule has 0 N–H and O–H groups in total. The van der Waals surface area contributed by atoms with Crippen molar-refractivity contribution in [2.24, 2.45) is 0 Å². The molecule has 0 aromatic heterocycles. The Hall–Kier alpha value is -0.730. The van der Waals surface area contributed by atoms with E-state index in [1.807, 2.05) is 20.8 Å². The Morgan fingerprint density at radius 3 is 2.38 bits per heavy atom. The highest BCUT2D eigenvalue weighted by atomic mass is 16.6. The van der Waals surface area contributed by atoms with Gasteiger partial charge in [-0.25, -0.2) is 4.79 Å². The number of rotatable bonds is 5. The van der Waals surface area contributed by atoms with Crippen LogP contribution in [0.25, 0.3) is 0 Å². The molecule has 0 bridgehead atoms. The first-order valence-corrected chi connectivity index (χ1v) is 5.07. The number of nitrogens with zero attached hydrogens (tertiary/aromatic N) is 1. The first-order chi connectivity index (χ1) is 6.11. The van der Waals surface area contributed by atoms with Crippen molar-refractivity contribution in [3.8, 4) is 0 Å². The number of carbonyl (C=O) groups excluding carboxylic acids is 1. The Labute approximate surface area is 81.1 Å². The topological polar surface area (TPSA) is 29.5 Å². The number of amides is 1. The number of hydrogen-bond acceptors (Lipinski definition) is 2. The SMILES string of the molecule is CCCCN(CC)C(=O)OC(C)C. The van der Waals surface area contributed by atoms with Crippen LogP contribution in [-0.2, 0) is 4.74 Å². The maximum atomic E-state index is 11.4. The first-order valence-electron chi connectivity index (χ1n) is 5.07. The van der Waals surface area contributed by atoms with E-state index in [9.17, 15) is 4.79 Å². The third-order valence-corrected chi connectivity index (χ3v) is 1.76. The van der Waals surface area contributed by atoms with Crippen molar-refractivity contribution in [3.05, 3.63) is 0 Å². The zero-order valence-electron chi connectivity index (χ0n) is 9.17. The lowest BCUT2D eigenvalue weighted by Crippen LogP contribution is -2.33. The maximum absolute atomic E-state index is 11.4. The summed E-state index contributed by atoms with van der Waals surface area (Å²) in [4.78, 5) is 13.1. The predicted octanol–water partition coefficient (Wildman–Crippen LogP) is 2.65. The van der Waals surface area contributed by atoms with Crippen molar-refractivity contribution < 1.29 is 9.53 Å². The Balaban J connectivity index is 3.84. The minimum absolute atomic E-state index is 0.0248. The Bertz CT molecular complexity index is 146. The van der Waals surface area contributed by atoms with Crippen LogP contribution in [-0.4, -0.2) is 30.2 Å². The zero-order valence-corrected chi connectivity index (χ0v) is 9.17. The van der Waals surface area contributed by atoms with Crippen LogP contribution in [0.15, 0.2) is 0 Å². The molecule has 0 fully saturated rings. The van der Waals surface area contributed by atoms with Crippen molar-refractivity contribution >= 4 is 6.09 Å². The Morgan fingerprint density at radius 2 is 2.00 bits per heavy atom. The molecule has 0 aliphatic carbocycles. The van der Waals surface area contributed by atoms with Gasteiger partial charge in [0.25, 0.3) is 0 Å². The van der Waals surface area contributed by atoms with Crippen molar-refractivity contribution in [2.75, 3.05) is 13.1 Å². The van der Waals surface area contributed by atoms with Gasteiger partial charge in [0.15, 0.2) is 0 Å². The number of hydrogen-bond donors (Lipinski definition) is 0. The molecule has 0 aliphatic rings. The molecular formula is C10H21NO2. The second kappa shape index (κ2) is 6.75. The van der Waals surface area contributed by atoms with Gasteiger partial charge in [0, 0.05) is 13.1 Å². The van der Waals surface area contributed by atoms with E-state index in [2.05, 4.69) is 6.92 Å². The summed E-state index contributed by atoms with van der Waals surface area (Å²) >= 11 is 0. The van der Waals surface area contributed by atoms with Crippen LogP contribution >= 0.6 is 0 Å². The van der Waals surface area contributed by atoms with Gasteiger partial charge >= 0.3 is 6.09 Å². The molecule has 0 aromatic carbocycles. The van der Waals surface area contributed by atoms with Crippen LogP contribution in [0, 0.1) is 0 Å². The second-order valence-corrected chi connectivity index (χ2v) is 3.37. The van der Waals surface area contributed by atoms with Crippen molar-refractivity contribution in [1.82, 2.24) is 4.90 Å². The molecule has 0 atom stereocenters. The molecule has 0 saturated carbocycles. The average molecular weight is 187 g/mol. The standard InChI is InChI=1S/C10H21NO2/c1-5-7-8-11(6-2)10(12)13-9(3)4/h9H,5-8H2,1-4H3. The zero-order chi connectivity index (χ0) is 10.3. The molecule has 3 heteroatoms. The minimum atomic E-state index is -0.189. The summed E-state index contributed by atoms with van der Waals surface area (Å²) in [7, 11) is 0. The van der Waals surface area contributed by atoms with Gasteiger partial charge in [-0.15, -0.1) is 0 Å². The Morgan fingerprint density at radius 1 is 1.38 bits per heavy atom. The highest BCUT2D eigenvalue weighted by Crippen LogP contribution is 2.00. The van der Waals surface area contributed by atoms with Gasteiger partial charge < -0.3 is 9.64 Å². The largest absolute Gasteiger partial charge is 0.447 e. The monoisotopic (exact) mass is 187 g/mol. The van der Waals surface area contributed by atoms with Gasteiger partial charge in [-0.2, -0.15) is 0 Å². The summed E-state index contributed by atoms with van der Waals surface area (Å²) in [5.41, 5.74) is 0. The van der Waals surface area contributed by atoms with Crippen molar-refractivity contribution in [3.63, 3.8) is 0 Å². The van der Waals surface area contributed by atoms with Crippen LogP contribution in [0.5, 0.6) is 0 Å². The second-order valence-electron chi connectivity index (χ2n) is 3.37. The molecule has 78 valence electrons. The molecular weight excluding hydrogens is 166 g/mol. The van der Waals surface area contributed by atoms with Crippen LogP contribution in [0.4, 0.5) is 4.79 Å². The van der Waals surface area contributed by atoms with E-state index in [4.69, 9.17) is 4.74 Å². The summed E-state index contributed by atoms with van der Waals surface area (Å²) in [5, 5.41) is 0. The normalized spacial score (nSPS) is 10.2. The average Bonchev–Trinajstić information content (AvgIpc) is 2.04. The van der Waals surface area contributed by atoms with Gasteiger partial charge in [0.1, 0.15) is 0 Å². The van der Waals surface area contributed by atoms with Crippen LogP contribution in [0.2, 0.25) is 0 Å². The molecule has 13 heavy (non-hydrogen) atoms. The summed E-state index contributed by atoms with van der Waals surface area (Å²) in [6.45, 7) is 9.35. The molecule has 0 saturated heterocycles. The summed E-state index contributed by atoms with van der Waals surface area (Å²) in [6, 6.07) is 0. The maximum Gasteiger partial charge on any atom is 0.409 e. The van der Waals surface area contributed by atoms with Crippen molar-refractivity contribution in [2.45, 2.75) is 46.6 Å². The van der Waals surface area contributed by atoms with E-state index in [0.29, 0.717) is 0 Å². The van der Waals surface area contributed by atoms with E-state index in [1.54, 1.807) is 4.90 Å². The summed E-state index contributed by atoms with van der Waals surface area (Å²) in [5.74, 6) is 0. The quantitative estimate of drug-likeness (QED) is 0.662. The third-order valence-electron chi connectivity index (χ3n) is 1.76.